The number of amides is 1. The van der Waals surface area contributed by atoms with E-state index in [9.17, 15) is 13.2 Å². The fourth-order valence-corrected chi connectivity index (χ4v) is 4.38. The zero-order valence-corrected chi connectivity index (χ0v) is 15.0. The van der Waals surface area contributed by atoms with E-state index in [4.69, 9.17) is 5.14 Å². The Morgan fingerprint density at radius 1 is 1.15 bits per heavy atom. The second-order valence-electron chi connectivity index (χ2n) is 5.73. The van der Waals surface area contributed by atoms with Gasteiger partial charge >= 0.3 is 0 Å². The quantitative estimate of drug-likeness (QED) is 0.639. The van der Waals surface area contributed by atoms with E-state index in [1.54, 1.807) is 11.8 Å². The highest BCUT2D eigenvalue weighted by molar-refractivity contribution is 7.98. The van der Waals surface area contributed by atoms with Crippen molar-refractivity contribution in [2.75, 3.05) is 5.32 Å². The molecule has 132 valence electrons. The lowest BCUT2D eigenvalue weighted by molar-refractivity contribution is 0.102. The minimum Gasteiger partial charge on any atom is -0.321 e. The van der Waals surface area contributed by atoms with Crippen LogP contribution in [0, 0.1) is 0 Å². The summed E-state index contributed by atoms with van der Waals surface area (Å²) in [4.78, 5) is 13.7. The molecular formula is C17H14N4O3S2. The Balaban J connectivity index is 1.60. The highest BCUT2D eigenvalue weighted by atomic mass is 32.2. The van der Waals surface area contributed by atoms with Crippen molar-refractivity contribution in [2.24, 2.45) is 5.14 Å². The van der Waals surface area contributed by atoms with Crippen LogP contribution in [0.25, 0.3) is 11.3 Å². The third kappa shape index (κ3) is 3.00. The fourth-order valence-electron chi connectivity index (χ4n) is 2.78. The number of nitrogens with zero attached hydrogens (tertiary/aromatic N) is 1. The number of sulfonamides is 1. The summed E-state index contributed by atoms with van der Waals surface area (Å²) in [6.45, 7) is 0. The van der Waals surface area contributed by atoms with Crippen molar-refractivity contribution in [1.82, 2.24) is 10.2 Å². The van der Waals surface area contributed by atoms with Crippen LogP contribution >= 0.6 is 11.8 Å². The molecule has 1 aliphatic heterocycles. The maximum Gasteiger partial charge on any atom is 0.276 e. The van der Waals surface area contributed by atoms with Crippen molar-refractivity contribution in [3.8, 4) is 11.3 Å². The van der Waals surface area contributed by atoms with Gasteiger partial charge in [-0.25, -0.2) is 13.6 Å². The van der Waals surface area contributed by atoms with E-state index in [1.165, 1.54) is 24.3 Å². The number of nitrogens with two attached hydrogens (primary N) is 1. The lowest BCUT2D eigenvalue weighted by Crippen LogP contribution is -2.15. The van der Waals surface area contributed by atoms with E-state index in [2.05, 4.69) is 15.5 Å². The zero-order valence-electron chi connectivity index (χ0n) is 13.4. The summed E-state index contributed by atoms with van der Waals surface area (Å²) in [6, 6.07) is 13.6. The molecular weight excluding hydrogens is 372 g/mol. The van der Waals surface area contributed by atoms with Crippen LogP contribution < -0.4 is 10.5 Å². The van der Waals surface area contributed by atoms with E-state index in [-0.39, 0.29) is 10.8 Å². The Labute approximate surface area is 154 Å². The van der Waals surface area contributed by atoms with E-state index in [0.29, 0.717) is 17.1 Å². The number of carbonyl (C=O) groups excluding carboxylic acids is 1. The Kier molecular flexibility index (Phi) is 4.06. The molecule has 0 saturated heterocycles. The van der Waals surface area contributed by atoms with Gasteiger partial charge in [0.15, 0.2) is 5.69 Å². The van der Waals surface area contributed by atoms with Gasteiger partial charge in [0, 0.05) is 27.5 Å². The lowest BCUT2D eigenvalue weighted by atomic mass is 10.1. The molecule has 2 aromatic carbocycles. The molecule has 0 atom stereocenters. The van der Waals surface area contributed by atoms with Crippen molar-refractivity contribution in [3.05, 3.63) is 59.8 Å². The summed E-state index contributed by atoms with van der Waals surface area (Å²) < 4.78 is 22.6. The standard InChI is InChI=1S/C17H14N4O3S2/c18-26(23,24)11-7-5-10(6-8-11)19-17(22)16-13-9-25-14-4-2-1-3-12(14)15(13)20-21-16/h1-8H,9H2,(H,19,22)(H,20,21)(H2,18,23,24). The van der Waals surface area contributed by atoms with Crippen LogP contribution in [-0.2, 0) is 15.8 Å². The number of thioether (sulfide) groups is 1. The van der Waals surface area contributed by atoms with Crippen LogP contribution in [0.4, 0.5) is 5.69 Å². The van der Waals surface area contributed by atoms with Gasteiger partial charge in [-0.05, 0) is 30.3 Å². The summed E-state index contributed by atoms with van der Waals surface area (Å²) >= 11 is 1.66. The number of nitrogens with one attached hydrogen (secondary N) is 2. The van der Waals surface area contributed by atoms with Crippen LogP contribution in [0.5, 0.6) is 0 Å². The largest absolute Gasteiger partial charge is 0.321 e. The normalized spacial score (nSPS) is 13.0. The van der Waals surface area contributed by atoms with E-state index in [0.717, 1.165) is 21.7 Å². The molecule has 4 N–H and O–H groups in total. The van der Waals surface area contributed by atoms with Crippen molar-refractivity contribution in [1.29, 1.82) is 0 Å². The molecule has 9 heteroatoms. The van der Waals surface area contributed by atoms with Crippen LogP contribution in [0.3, 0.4) is 0 Å². The number of fused-ring (bicyclic) bond motifs is 3. The summed E-state index contributed by atoms with van der Waals surface area (Å²) in [5.74, 6) is 0.293. The molecule has 0 radical (unpaired) electrons. The number of aromatic amines is 1. The number of H-pyrrole nitrogens is 1. The van der Waals surface area contributed by atoms with E-state index < -0.39 is 10.0 Å². The van der Waals surface area contributed by atoms with Gasteiger partial charge in [0.05, 0.1) is 10.6 Å². The second kappa shape index (κ2) is 6.27. The average molecular weight is 386 g/mol. The van der Waals surface area contributed by atoms with Crippen molar-refractivity contribution < 1.29 is 13.2 Å². The maximum absolute atomic E-state index is 12.6. The Morgan fingerprint density at radius 3 is 2.62 bits per heavy atom. The van der Waals surface area contributed by atoms with Gasteiger partial charge in [-0.15, -0.1) is 11.8 Å². The number of hydrogen-bond donors (Lipinski definition) is 3. The van der Waals surface area contributed by atoms with Crippen molar-refractivity contribution in [3.63, 3.8) is 0 Å². The first-order valence-electron chi connectivity index (χ1n) is 7.67. The Hall–Kier alpha value is -2.62. The molecule has 4 rings (SSSR count). The third-order valence-electron chi connectivity index (χ3n) is 4.05. The zero-order chi connectivity index (χ0) is 18.3. The molecule has 0 aliphatic carbocycles. The smallest absolute Gasteiger partial charge is 0.276 e. The first-order valence-corrected chi connectivity index (χ1v) is 10.2. The van der Waals surface area contributed by atoms with Gasteiger partial charge in [-0.2, -0.15) is 5.10 Å². The molecule has 26 heavy (non-hydrogen) atoms. The molecule has 1 amide bonds. The van der Waals surface area contributed by atoms with Crippen LogP contribution in [0.15, 0.2) is 58.3 Å². The predicted octanol–water partition coefficient (Wildman–Crippen LogP) is 2.58. The van der Waals surface area contributed by atoms with Gasteiger partial charge in [0.2, 0.25) is 10.0 Å². The number of hydrogen-bond acceptors (Lipinski definition) is 5. The SMILES string of the molecule is NS(=O)(=O)c1ccc(NC(=O)c2n[nH]c3c2CSc2ccccc2-3)cc1. The highest BCUT2D eigenvalue weighted by Gasteiger charge is 2.25. The van der Waals surface area contributed by atoms with E-state index in [1.807, 2.05) is 24.3 Å². The molecule has 0 bridgehead atoms. The molecule has 3 aromatic rings. The average Bonchev–Trinajstić information content (AvgIpc) is 3.06. The minimum absolute atomic E-state index is 0.0133. The van der Waals surface area contributed by atoms with E-state index >= 15 is 0 Å². The first-order chi connectivity index (χ1) is 12.4. The lowest BCUT2D eigenvalue weighted by Gasteiger charge is -2.15. The number of aromatic nitrogens is 2. The van der Waals surface area contributed by atoms with Gasteiger partial charge in [0.1, 0.15) is 0 Å². The Morgan fingerprint density at radius 2 is 1.88 bits per heavy atom. The van der Waals surface area contributed by atoms with Crippen molar-refractivity contribution in [2.45, 2.75) is 15.5 Å². The van der Waals surface area contributed by atoms with Gasteiger partial charge in [0.25, 0.3) is 5.91 Å². The molecule has 2 heterocycles. The van der Waals surface area contributed by atoms with Crippen LogP contribution in [-0.4, -0.2) is 24.5 Å². The number of benzene rings is 2. The van der Waals surface area contributed by atoms with Gasteiger partial charge in [-0.3, -0.25) is 9.89 Å². The molecule has 0 spiro atoms. The van der Waals surface area contributed by atoms with Gasteiger partial charge in [-0.1, -0.05) is 18.2 Å². The van der Waals surface area contributed by atoms with Crippen LogP contribution in [0.1, 0.15) is 16.1 Å². The van der Waals surface area contributed by atoms with Gasteiger partial charge < -0.3 is 5.32 Å². The fraction of sp³-hybridized carbons (Fsp3) is 0.0588. The topological polar surface area (TPSA) is 118 Å². The van der Waals surface area contributed by atoms with Crippen LogP contribution in [0.2, 0.25) is 0 Å². The number of anilines is 1. The molecule has 0 saturated carbocycles. The molecule has 1 aliphatic rings. The summed E-state index contributed by atoms with van der Waals surface area (Å²) in [5.41, 5.74) is 3.53. The summed E-state index contributed by atoms with van der Waals surface area (Å²) in [7, 11) is -3.76. The summed E-state index contributed by atoms with van der Waals surface area (Å²) in [6.07, 6.45) is 0. The predicted molar refractivity (Wildman–Crippen MR) is 99.4 cm³/mol. The maximum atomic E-state index is 12.6. The monoisotopic (exact) mass is 386 g/mol. The molecule has 7 nitrogen and oxygen atoms in total. The molecule has 1 aromatic heterocycles. The molecule has 0 unspecified atom stereocenters. The number of carbonyl (C=O) groups is 1. The summed E-state index contributed by atoms with van der Waals surface area (Å²) in [5, 5.41) is 14.9. The number of primary sulfonamides is 1. The molecule has 0 fully saturated rings. The number of rotatable bonds is 3. The first kappa shape index (κ1) is 16.8. The second-order valence-corrected chi connectivity index (χ2v) is 8.31. The minimum atomic E-state index is -3.76. The third-order valence-corrected chi connectivity index (χ3v) is 6.08. The Bertz CT molecular complexity index is 1110. The highest BCUT2D eigenvalue weighted by Crippen LogP contribution is 2.41. The van der Waals surface area contributed by atoms with Crippen molar-refractivity contribution >= 4 is 33.4 Å².